The van der Waals surface area contributed by atoms with Crippen molar-refractivity contribution in [1.29, 1.82) is 0 Å². The molecule has 0 aromatic carbocycles. The molecule has 0 amide bonds. The van der Waals surface area contributed by atoms with Crippen LogP contribution in [0.5, 0.6) is 0 Å². The third kappa shape index (κ3) is 5.09. The molecule has 0 bridgehead atoms. The van der Waals surface area contributed by atoms with E-state index in [9.17, 15) is 5.11 Å². The largest absolute Gasteiger partial charge is 0.389 e. The molecule has 3 N–H and O–H groups in total. The smallest absolute Gasteiger partial charge is 0.0900 e. The summed E-state index contributed by atoms with van der Waals surface area (Å²) < 4.78 is 4.99. The van der Waals surface area contributed by atoms with Gasteiger partial charge in [-0.15, -0.1) is 0 Å². The molecule has 1 fully saturated rings. The van der Waals surface area contributed by atoms with E-state index in [2.05, 4.69) is 25.4 Å². The normalized spacial score (nSPS) is 17.7. The van der Waals surface area contributed by atoms with Crippen LogP contribution in [0.4, 0.5) is 0 Å². The second-order valence-electron chi connectivity index (χ2n) is 6.58. The molecule has 0 saturated carbocycles. The lowest BCUT2D eigenvalue weighted by Crippen LogP contribution is -2.45. The SMILES string of the molecule is COCC(O)CN1CCC(NCc2cn[nH]c2-c2cccnc2)CC1. The van der Waals surface area contributed by atoms with Crippen molar-refractivity contribution in [2.45, 2.75) is 31.5 Å². The van der Waals surface area contributed by atoms with Gasteiger partial charge in [0.05, 0.1) is 24.6 Å². The van der Waals surface area contributed by atoms with E-state index >= 15 is 0 Å². The lowest BCUT2D eigenvalue weighted by Gasteiger charge is -2.33. The van der Waals surface area contributed by atoms with E-state index in [1.165, 1.54) is 0 Å². The number of H-pyrrole nitrogens is 1. The fraction of sp³-hybridized carbons (Fsp3) is 0.556. The van der Waals surface area contributed by atoms with Gasteiger partial charge in [-0.3, -0.25) is 10.1 Å². The van der Waals surface area contributed by atoms with Crippen LogP contribution in [-0.4, -0.2) is 70.7 Å². The first kappa shape index (κ1) is 18.0. The molecule has 1 unspecified atom stereocenters. The summed E-state index contributed by atoms with van der Waals surface area (Å²) in [7, 11) is 1.62. The molecular formula is C18H27N5O2. The molecule has 3 rings (SSSR count). The quantitative estimate of drug-likeness (QED) is 0.663. The number of ether oxygens (including phenoxy) is 1. The molecule has 2 aromatic heterocycles. The molecule has 0 spiro atoms. The van der Waals surface area contributed by atoms with Gasteiger partial charge in [-0.1, -0.05) is 0 Å². The fourth-order valence-electron chi connectivity index (χ4n) is 3.32. The molecule has 1 saturated heterocycles. The molecule has 7 nitrogen and oxygen atoms in total. The molecule has 1 atom stereocenters. The molecule has 136 valence electrons. The Labute approximate surface area is 148 Å². The fourth-order valence-corrected chi connectivity index (χ4v) is 3.32. The van der Waals surface area contributed by atoms with Gasteiger partial charge in [0.25, 0.3) is 0 Å². The number of aliphatic hydroxyl groups is 1. The number of aliphatic hydroxyl groups excluding tert-OH is 1. The Morgan fingerprint density at radius 1 is 1.40 bits per heavy atom. The number of β-amino-alcohol motifs (C(OH)–C–C–N with tert-alkyl or cyclic N) is 1. The number of hydrogen-bond donors (Lipinski definition) is 3. The predicted octanol–water partition coefficient (Wildman–Crippen LogP) is 1.03. The topological polar surface area (TPSA) is 86.3 Å². The number of hydrogen-bond acceptors (Lipinski definition) is 6. The van der Waals surface area contributed by atoms with Crippen molar-refractivity contribution >= 4 is 0 Å². The van der Waals surface area contributed by atoms with Gasteiger partial charge in [0.2, 0.25) is 0 Å². The maximum atomic E-state index is 9.84. The second kappa shape index (κ2) is 9.05. The zero-order valence-electron chi connectivity index (χ0n) is 14.7. The highest BCUT2D eigenvalue weighted by Gasteiger charge is 2.21. The molecule has 1 aliphatic heterocycles. The minimum atomic E-state index is -0.400. The minimum absolute atomic E-state index is 0.399. The van der Waals surface area contributed by atoms with Crippen LogP contribution in [0.1, 0.15) is 18.4 Å². The second-order valence-corrected chi connectivity index (χ2v) is 6.58. The third-order valence-corrected chi connectivity index (χ3v) is 4.66. The first-order chi connectivity index (χ1) is 12.3. The van der Waals surface area contributed by atoms with Crippen LogP contribution in [0.3, 0.4) is 0 Å². The van der Waals surface area contributed by atoms with Crippen LogP contribution in [0.25, 0.3) is 11.3 Å². The van der Waals surface area contributed by atoms with Gasteiger partial charge in [-0.25, -0.2) is 0 Å². The number of aromatic amines is 1. The Hall–Kier alpha value is -1.80. The monoisotopic (exact) mass is 345 g/mol. The Bertz CT molecular complexity index is 625. The Morgan fingerprint density at radius 3 is 2.96 bits per heavy atom. The van der Waals surface area contributed by atoms with Crippen molar-refractivity contribution in [2.75, 3.05) is 33.4 Å². The first-order valence-electron chi connectivity index (χ1n) is 8.81. The Kier molecular flexibility index (Phi) is 6.52. The number of likely N-dealkylation sites (tertiary alicyclic amines) is 1. The Morgan fingerprint density at radius 2 is 2.24 bits per heavy atom. The minimum Gasteiger partial charge on any atom is -0.389 e. The van der Waals surface area contributed by atoms with Crippen molar-refractivity contribution in [3.05, 3.63) is 36.3 Å². The number of nitrogens with zero attached hydrogens (tertiary/aromatic N) is 3. The highest BCUT2D eigenvalue weighted by Crippen LogP contribution is 2.20. The average molecular weight is 345 g/mol. The number of aromatic nitrogens is 3. The molecule has 1 aliphatic rings. The van der Waals surface area contributed by atoms with E-state index < -0.39 is 6.10 Å². The summed E-state index contributed by atoms with van der Waals surface area (Å²) in [6.07, 6.45) is 7.27. The standard InChI is InChI=1S/C18H27N5O2/c1-25-13-17(24)12-23-7-4-16(5-8-23)20-10-15-11-21-22-18(15)14-3-2-6-19-9-14/h2-3,6,9,11,16-17,20,24H,4-5,7-8,10,12-13H2,1H3,(H,21,22). The van der Waals surface area contributed by atoms with Crippen LogP contribution >= 0.6 is 0 Å². The van der Waals surface area contributed by atoms with Crippen molar-refractivity contribution in [3.8, 4) is 11.3 Å². The lowest BCUT2D eigenvalue weighted by atomic mass is 10.0. The molecule has 0 radical (unpaired) electrons. The van der Waals surface area contributed by atoms with Gasteiger partial charge in [0, 0.05) is 49.8 Å². The number of piperidine rings is 1. The molecule has 7 heteroatoms. The highest BCUT2D eigenvalue weighted by atomic mass is 16.5. The maximum Gasteiger partial charge on any atom is 0.0900 e. The average Bonchev–Trinajstić information content (AvgIpc) is 3.11. The summed E-state index contributed by atoms with van der Waals surface area (Å²) in [4.78, 5) is 6.48. The summed E-state index contributed by atoms with van der Waals surface area (Å²) in [5.74, 6) is 0. The number of nitrogens with one attached hydrogen (secondary N) is 2. The van der Waals surface area contributed by atoms with Gasteiger partial charge < -0.3 is 20.1 Å². The molecule has 3 heterocycles. The summed E-state index contributed by atoms with van der Waals surface area (Å²) in [6, 6.07) is 4.46. The van der Waals surface area contributed by atoms with Gasteiger partial charge >= 0.3 is 0 Å². The maximum absolute atomic E-state index is 9.84. The summed E-state index contributed by atoms with van der Waals surface area (Å²) in [5.41, 5.74) is 3.24. The van der Waals surface area contributed by atoms with E-state index in [4.69, 9.17) is 4.74 Å². The van der Waals surface area contributed by atoms with Crippen LogP contribution < -0.4 is 5.32 Å². The van der Waals surface area contributed by atoms with Crippen molar-refractivity contribution in [3.63, 3.8) is 0 Å². The van der Waals surface area contributed by atoms with Crippen molar-refractivity contribution < 1.29 is 9.84 Å². The lowest BCUT2D eigenvalue weighted by molar-refractivity contribution is 0.0310. The van der Waals surface area contributed by atoms with E-state index in [0.717, 1.165) is 49.3 Å². The molecular weight excluding hydrogens is 318 g/mol. The predicted molar refractivity (Wildman–Crippen MR) is 96.0 cm³/mol. The van der Waals surface area contributed by atoms with E-state index in [0.29, 0.717) is 19.2 Å². The highest BCUT2D eigenvalue weighted by molar-refractivity contribution is 5.61. The van der Waals surface area contributed by atoms with E-state index in [1.807, 2.05) is 24.5 Å². The van der Waals surface area contributed by atoms with E-state index in [-0.39, 0.29) is 0 Å². The summed E-state index contributed by atoms with van der Waals surface area (Å²) in [5, 5.41) is 20.7. The van der Waals surface area contributed by atoms with Gasteiger partial charge in [-0.05, 0) is 38.1 Å². The van der Waals surface area contributed by atoms with E-state index in [1.54, 1.807) is 13.3 Å². The van der Waals surface area contributed by atoms with Crippen molar-refractivity contribution in [2.24, 2.45) is 0 Å². The van der Waals surface area contributed by atoms with Gasteiger partial charge in [0.15, 0.2) is 0 Å². The zero-order valence-corrected chi connectivity index (χ0v) is 14.7. The summed E-state index contributed by atoms with van der Waals surface area (Å²) >= 11 is 0. The third-order valence-electron chi connectivity index (χ3n) is 4.66. The van der Waals surface area contributed by atoms with Gasteiger partial charge in [0.1, 0.15) is 0 Å². The Balaban J connectivity index is 1.46. The zero-order chi connectivity index (χ0) is 17.5. The number of methoxy groups -OCH3 is 1. The van der Waals surface area contributed by atoms with Crippen LogP contribution in [0.2, 0.25) is 0 Å². The van der Waals surface area contributed by atoms with Crippen molar-refractivity contribution in [1.82, 2.24) is 25.4 Å². The van der Waals surface area contributed by atoms with Crippen LogP contribution in [-0.2, 0) is 11.3 Å². The van der Waals surface area contributed by atoms with Crippen LogP contribution in [0, 0.1) is 0 Å². The molecule has 2 aromatic rings. The molecule has 25 heavy (non-hydrogen) atoms. The first-order valence-corrected chi connectivity index (χ1v) is 8.81. The van der Waals surface area contributed by atoms with Crippen LogP contribution in [0.15, 0.2) is 30.7 Å². The molecule has 0 aliphatic carbocycles. The number of rotatable bonds is 8. The summed E-state index contributed by atoms with van der Waals surface area (Å²) in [6.45, 7) is 3.87. The van der Waals surface area contributed by atoms with Gasteiger partial charge in [-0.2, -0.15) is 5.10 Å². The number of pyridine rings is 1.